The molecule has 9 N–H and O–H groups in total. The summed E-state index contributed by atoms with van der Waals surface area (Å²) in [7, 11) is 0. The lowest BCUT2D eigenvalue weighted by Crippen LogP contribution is -2.65. The molecule has 0 aliphatic carbocycles. The molecule has 14 heteroatoms. The Morgan fingerprint density at radius 2 is 0.681 bits per heavy atom. The molecule has 0 aromatic heterocycles. The largest absolute Gasteiger partial charge is 0.394 e. The fourth-order valence-corrected chi connectivity index (χ4v) is 13.7. The quantitative estimate of drug-likeness (QED) is 0.0204. The van der Waals surface area contributed by atoms with Gasteiger partial charge in [0.25, 0.3) is 0 Å². The first-order valence-corrected chi connectivity index (χ1v) is 40.6. The smallest absolute Gasteiger partial charge is 0.220 e. The highest BCUT2D eigenvalue weighted by Gasteiger charge is 2.51. The average molecular weight is 1340 g/mol. The molecule has 14 nitrogen and oxygen atoms in total. The molecule has 556 valence electrons. The molecule has 2 heterocycles. The molecule has 12 unspecified atom stereocenters. The second-order valence-corrected chi connectivity index (χ2v) is 28.9. The van der Waals surface area contributed by atoms with Gasteiger partial charge in [0, 0.05) is 6.42 Å². The topological polar surface area (TPSA) is 228 Å². The molecule has 2 rings (SSSR count). The molecular weight excluding hydrogens is 1180 g/mol. The number of amides is 1. The lowest BCUT2D eigenvalue weighted by Gasteiger charge is -2.46. The number of rotatable bonds is 69. The molecule has 0 radical (unpaired) electrons. The van der Waals surface area contributed by atoms with Crippen molar-refractivity contribution >= 4 is 5.91 Å². The van der Waals surface area contributed by atoms with E-state index in [0.29, 0.717) is 12.8 Å². The van der Waals surface area contributed by atoms with Gasteiger partial charge in [-0.05, 0) is 32.1 Å². The third-order valence-electron chi connectivity index (χ3n) is 20.1. The fourth-order valence-electron chi connectivity index (χ4n) is 13.7. The van der Waals surface area contributed by atoms with Crippen molar-refractivity contribution in [2.24, 2.45) is 0 Å². The number of hydrogen-bond acceptors (Lipinski definition) is 13. The Bertz CT molecular complexity index is 1670. The van der Waals surface area contributed by atoms with E-state index in [1.807, 2.05) is 6.08 Å². The van der Waals surface area contributed by atoms with Crippen LogP contribution in [-0.2, 0) is 23.7 Å². The van der Waals surface area contributed by atoms with Crippen LogP contribution >= 0.6 is 0 Å². The van der Waals surface area contributed by atoms with Crippen molar-refractivity contribution in [3.63, 3.8) is 0 Å². The Morgan fingerprint density at radius 1 is 0.372 bits per heavy atom. The van der Waals surface area contributed by atoms with Crippen LogP contribution in [0.1, 0.15) is 386 Å². The highest BCUT2D eigenvalue weighted by molar-refractivity contribution is 5.76. The van der Waals surface area contributed by atoms with Gasteiger partial charge in [0.1, 0.15) is 48.8 Å². The molecule has 0 aromatic rings. The van der Waals surface area contributed by atoms with Crippen molar-refractivity contribution in [3.8, 4) is 0 Å². The molecule has 2 saturated heterocycles. The molecule has 2 fully saturated rings. The normalized spacial score (nSPS) is 22.5. The van der Waals surface area contributed by atoms with Crippen molar-refractivity contribution in [3.05, 3.63) is 24.3 Å². The van der Waals surface area contributed by atoms with Gasteiger partial charge in [-0.15, -0.1) is 0 Å². The summed E-state index contributed by atoms with van der Waals surface area (Å²) < 4.78 is 22.9. The molecule has 0 bridgehead atoms. The van der Waals surface area contributed by atoms with E-state index in [9.17, 15) is 45.6 Å². The van der Waals surface area contributed by atoms with E-state index in [4.69, 9.17) is 18.9 Å². The Kier molecular flexibility index (Phi) is 61.1. The third kappa shape index (κ3) is 47.5. The highest BCUT2D eigenvalue weighted by atomic mass is 16.7. The number of ether oxygens (including phenoxy) is 4. The minimum absolute atomic E-state index is 0.240. The molecule has 1 amide bonds. The van der Waals surface area contributed by atoms with E-state index in [2.05, 4.69) is 31.3 Å². The van der Waals surface area contributed by atoms with Crippen LogP contribution in [0.4, 0.5) is 0 Å². The first-order chi connectivity index (χ1) is 46.1. The van der Waals surface area contributed by atoms with Crippen LogP contribution in [-0.4, -0.2) is 140 Å². The van der Waals surface area contributed by atoms with E-state index in [1.54, 1.807) is 6.08 Å². The van der Waals surface area contributed by atoms with E-state index in [0.717, 1.165) is 32.1 Å². The van der Waals surface area contributed by atoms with Gasteiger partial charge >= 0.3 is 0 Å². The van der Waals surface area contributed by atoms with E-state index in [-0.39, 0.29) is 18.9 Å². The molecule has 94 heavy (non-hydrogen) atoms. The standard InChI is InChI=1S/C80H153NO13/c1-3-5-7-9-11-13-15-17-19-21-23-25-27-29-31-33-34-35-36-38-40-42-44-46-48-50-52-54-56-58-60-62-64-72(85)81-68(67-91-79-77(90)75(88)78(71(66-83)93-79)94-80-76(89)74(87)73(86)70(65-82)92-80)69(84)63-61-59-57-55-53-51-49-47-45-43-41-39-37-32-30-28-26-24-22-20-18-16-14-12-10-8-6-4-2/h53,55,61,63,68-71,73-80,82-84,86-90H,3-52,54,56-60,62,64-67H2,1-2H3,(H,81,85)/b55-53+,63-61+. The number of carbonyl (C=O) groups excluding carboxylic acids is 1. The summed E-state index contributed by atoms with van der Waals surface area (Å²) in [5, 5.41) is 87.7. The van der Waals surface area contributed by atoms with Crippen LogP contribution < -0.4 is 5.32 Å². The monoisotopic (exact) mass is 1340 g/mol. The predicted octanol–water partition coefficient (Wildman–Crippen LogP) is 18.3. The van der Waals surface area contributed by atoms with Gasteiger partial charge in [-0.25, -0.2) is 0 Å². The summed E-state index contributed by atoms with van der Waals surface area (Å²) in [6.45, 7) is 2.86. The number of aliphatic hydroxyl groups is 8. The zero-order valence-corrected chi connectivity index (χ0v) is 61.0. The Morgan fingerprint density at radius 3 is 1.04 bits per heavy atom. The van der Waals surface area contributed by atoms with Crippen LogP contribution in [0.15, 0.2) is 24.3 Å². The fraction of sp³-hybridized carbons (Fsp3) is 0.938. The third-order valence-corrected chi connectivity index (χ3v) is 20.1. The van der Waals surface area contributed by atoms with E-state index >= 15 is 0 Å². The van der Waals surface area contributed by atoms with Gasteiger partial charge in [0.15, 0.2) is 12.6 Å². The van der Waals surface area contributed by atoms with E-state index in [1.165, 1.54) is 321 Å². The van der Waals surface area contributed by atoms with Gasteiger partial charge in [-0.1, -0.05) is 372 Å². The summed E-state index contributed by atoms with van der Waals surface area (Å²) in [4.78, 5) is 13.4. The summed E-state index contributed by atoms with van der Waals surface area (Å²) in [5.74, 6) is -0.240. The van der Waals surface area contributed by atoms with Crippen molar-refractivity contribution in [1.29, 1.82) is 0 Å². The van der Waals surface area contributed by atoms with Crippen molar-refractivity contribution < 1.29 is 64.6 Å². The Balaban J connectivity index is 1.62. The number of hydrogen-bond donors (Lipinski definition) is 9. The van der Waals surface area contributed by atoms with Crippen LogP contribution in [0.3, 0.4) is 0 Å². The molecule has 2 aliphatic heterocycles. The second kappa shape index (κ2) is 64.8. The SMILES string of the molecule is CCCCCCCCCCCCCCCCCCCCCCCC/C=C/CC/C=C/C(O)C(COC1OC(CO)C(OC2OC(CO)C(O)C(O)C2O)C(O)C1O)NC(=O)CCCCCCCCCCCCCCCCCCCCCCCCCCCCCCCCCC. The van der Waals surface area contributed by atoms with Gasteiger partial charge in [-0.3, -0.25) is 4.79 Å². The molecule has 0 aromatic carbocycles. The molecule has 0 saturated carbocycles. The maximum atomic E-state index is 13.4. The van der Waals surface area contributed by atoms with Crippen LogP contribution in [0.2, 0.25) is 0 Å². The summed E-state index contributed by atoms with van der Waals surface area (Å²) in [6, 6.07) is -0.930. The van der Waals surface area contributed by atoms with Crippen LogP contribution in [0, 0.1) is 0 Å². The Hall–Kier alpha value is -1.53. The van der Waals surface area contributed by atoms with Crippen molar-refractivity contribution in [2.45, 2.75) is 460 Å². The minimum Gasteiger partial charge on any atom is -0.394 e. The summed E-state index contributed by atoms with van der Waals surface area (Å²) in [6.07, 6.45) is 67.0. The average Bonchev–Trinajstić information content (AvgIpc) is 0.794. The Labute approximate surface area is 577 Å². The highest BCUT2D eigenvalue weighted by Crippen LogP contribution is 2.30. The van der Waals surface area contributed by atoms with Gasteiger partial charge < -0.3 is 65.1 Å². The maximum absolute atomic E-state index is 13.4. The molecule has 12 atom stereocenters. The maximum Gasteiger partial charge on any atom is 0.220 e. The molecule has 2 aliphatic rings. The number of unbranched alkanes of at least 4 members (excludes halogenated alkanes) is 54. The summed E-state index contributed by atoms with van der Waals surface area (Å²) in [5.41, 5.74) is 0. The first-order valence-electron chi connectivity index (χ1n) is 40.6. The summed E-state index contributed by atoms with van der Waals surface area (Å²) >= 11 is 0. The van der Waals surface area contributed by atoms with Gasteiger partial charge in [-0.2, -0.15) is 0 Å². The zero-order valence-electron chi connectivity index (χ0n) is 61.0. The molecular formula is C80H153NO13. The van der Waals surface area contributed by atoms with E-state index < -0.39 is 86.8 Å². The predicted molar refractivity (Wildman–Crippen MR) is 388 cm³/mol. The van der Waals surface area contributed by atoms with Crippen LogP contribution in [0.25, 0.3) is 0 Å². The first kappa shape index (κ1) is 88.6. The number of allylic oxidation sites excluding steroid dienone is 3. The number of nitrogens with one attached hydrogen (secondary N) is 1. The number of carbonyl (C=O) groups is 1. The lowest BCUT2D eigenvalue weighted by molar-refractivity contribution is -0.359. The van der Waals surface area contributed by atoms with Gasteiger partial charge in [0.05, 0.1) is 32.0 Å². The lowest BCUT2D eigenvalue weighted by atomic mass is 9.97. The zero-order chi connectivity index (χ0) is 68.0. The van der Waals surface area contributed by atoms with Crippen LogP contribution in [0.5, 0.6) is 0 Å². The minimum atomic E-state index is -1.79. The number of aliphatic hydroxyl groups excluding tert-OH is 8. The van der Waals surface area contributed by atoms with Gasteiger partial charge in [0.2, 0.25) is 5.91 Å². The second-order valence-electron chi connectivity index (χ2n) is 28.9. The van der Waals surface area contributed by atoms with Crippen molar-refractivity contribution in [2.75, 3.05) is 19.8 Å². The molecule has 0 spiro atoms. The van der Waals surface area contributed by atoms with Crippen molar-refractivity contribution in [1.82, 2.24) is 5.32 Å².